The zero-order valence-corrected chi connectivity index (χ0v) is 72.1. The van der Waals surface area contributed by atoms with Gasteiger partial charge in [0.25, 0.3) is 0 Å². The number of carboxylic acids is 1. The van der Waals surface area contributed by atoms with Crippen molar-refractivity contribution in [1.29, 1.82) is 0 Å². The van der Waals surface area contributed by atoms with E-state index in [-0.39, 0.29) is 136 Å². The Morgan fingerprint density at radius 1 is 0.230 bits per heavy atom. The molecule has 13 saturated heterocycles. The normalized spacial score (nSPS) is 27.3. The van der Waals surface area contributed by atoms with Crippen molar-refractivity contribution < 1.29 is 106 Å². The molecule has 0 aromatic heterocycles. The van der Waals surface area contributed by atoms with Crippen LogP contribution in [0.25, 0.3) is 0 Å². The third-order valence-corrected chi connectivity index (χ3v) is 27.8. The van der Waals surface area contributed by atoms with Crippen molar-refractivity contribution in [2.24, 2.45) is 5.73 Å². The molecule has 126 heavy (non-hydrogen) atoms. The van der Waals surface area contributed by atoms with Crippen LogP contribution in [-0.4, -0.2) is 414 Å². The molecule has 0 aromatic carbocycles. The van der Waals surface area contributed by atoms with Gasteiger partial charge in [-0.1, -0.05) is 0 Å². The molecule has 13 fully saturated rings. The lowest BCUT2D eigenvalue weighted by Gasteiger charge is -2.33. The van der Waals surface area contributed by atoms with Crippen LogP contribution in [0.5, 0.6) is 0 Å². The van der Waals surface area contributed by atoms with Gasteiger partial charge in [0.15, 0.2) is 0 Å². The Morgan fingerprint density at radius 3 is 0.540 bits per heavy atom. The molecule has 0 saturated carbocycles. The van der Waals surface area contributed by atoms with Crippen molar-refractivity contribution in [2.75, 3.05) is 137 Å². The van der Waals surface area contributed by atoms with Crippen LogP contribution in [0.15, 0.2) is 0 Å². The predicted octanol–water partition coefficient (Wildman–Crippen LogP) is -6.98. The first-order valence-corrected chi connectivity index (χ1v) is 45.6. The lowest BCUT2D eigenvalue weighted by atomic mass is 10.1. The number of rotatable bonds is 29. The monoisotopic (exact) mass is 1780 g/mol. The first-order chi connectivity index (χ1) is 60.6. The summed E-state index contributed by atoms with van der Waals surface area (Å²) in [5.41, 5.74) is 5.90. The molecular weight excluding hydrogens is 1660 g/mol. The van der Waals surface area contributed by atoms with Crippen molar-refractivity contribution in [1.82, 2.24) is 101 Å². The molecule has 0 radical (unpaired) electrons. The maximum atomic E-state index is 14.4. The summed E-state index contributed by atoms with van der Waals surface area (Å²) in [5.74, 6) is -11.7. The number of thiol groups is 1. The Labute approximate surface area is 734 Å². The minimum Gasteiger partial charge on any atom is -0.480 e. The van der Waals surface area contributed by atoms with Gasteiger partial charge in [-0.3, -0.25) is 101 Å². The molecule has 0 aliphatic carbocycles. The van der Waals surface area contributed by atoms with Gasteiger partial charge < -0.3 is 112 Å². The average molecular weight is 1780 g/mol. The summed E-state index contributed by atoms with van der Waals surface area (Å²) >= 11 is 4.10. The Balaban J connectivity index is 0.519. The number of nitrogens with two attached hydrogens (primary N) is 1. The fourth-order valence-corrected chi connectivity index (χ4v) is 21.2. The summed E-state index contributed by atoms with van der Waals surface area (Å²) in [6, 6.07) is -13.1. The lowest BCUT2D eigenvalue weighted by molar-refractivity contribution is -0.148. The number of nitrogens with one attached hydrogen (secondary N) is 7. The highest BCUT2D eigenvalue weighted by atomic mass is 32.1. The molecular formula is C82H119N21O22S. The van der Waals surface area contributed by atoms with Crippen molar-refractivity contribution in [3.63, 3.8) is 0 Å². The van der Waals surface area contributed by atoms with Crippen LogP contribution in [0, 0.1) is 0 Å². The molecule has 0 spiro atoms. The Morgan fingerprint density at radius 2 is 0.373 bits per heavy atom. The summed E-state index contributed by atoms with van der Waals surface area (Å²) in [4.78, 5) is 306. The quantitative estimate of drug-likeness (QED) is 0.0311. The van der Waals surface area contributed by atoms with E-state index in [9.17, 15) is 101 Å². The largest absolute Gasteiger partial charge is 0.480 e. The van der Waals surface area contributed by atoms with Crippen molar-refractivity contribution in [3.8, 4) is 0 Å². The highest BCUT2D eigenvalue weighted by molar-refractivity contribution is 7.80. The van der Waals surface area contributed by atoms with E-state index in [1.165, 1.54) is 63.7 Å². The number of carbonyl (C=O) groups excluding carboxylic acids is 20. The Kier molecular flexibility index (Phi) is 30.8. The van der Waals surface area contributed by atoms with E-state index in [4.69, 9.17) is 10.8 Å². The predicted molar refractivity (Wildman–Crippen MR) is 442 cm³/mol. The molecule has 0 aromatic rings. The zero-order chi connectivity index (χ0) is 89.9. The van der Waals surface area contributed by atoms with Gasteiger partial charge >= 0.3 is 5.97 Å². The number of likely N-dealkylation sites (tertiary alicyclic amines) is 13. The second-order valence-corrected chi connectivity index (χ2v) is 35.4. The molecule has 14 atom stereocenters. The van der Waals surface area contributed by atoms with Gasteiger partial charge in [-0.05, 0) is 167 Å². The van der Waals surface area contributed by atoms with Crippen LogP contribution >= 0.6 is 12.6 Å². The second-order valence-electron chi connectivity index (χ2n) is 35.0. The minimum atomic E-state index is -1.23. The number of carbonyl (C=O) groups is 21. The third-order valence-electron chi connectivity index (χ3n) is 27.4. The van der Waals surface area contributed by atoms with Crippen LogP contribution in [-0.2, 0) is 101 Å². The van der Waals surface area contributed by atoms with Crippen LogP contribution in [0.1, 0.15) is 167 Å². The van der Waals surface area contributed by atoms with Crippen LogP contribution in [0.3, 0.4) is 0 Å². The number of nitrogens with zero attached hydrogens (tertiary/aromatic N) is 13. The first kappa shape index (κ1) is 92.8. The van der Waals surface area contributed by atoms with Crippen molar-refractivity contribution in [2.45, 2.75) is 252 Å². The van der Waals surface area contributed by atoms with E-state index in [1.807, 2.05) is 0 Å². The second kappa shape index (κ2) is 41.7. The molecule has 13 heterocycles. The molecule has 13 aliphatic rings. The maximum Gasteiger partial charge on any atom is 0.322 e. The summed E-state index contributed by atoms with van der Waals surface area (Å²) in [6.45, 7) is -0.671. The number of amides is 20. The highest BCUT2D eigenvalue weighted by Gasteiger charge is 2.51. The zero-order valence-electron chi connectivity index (χ0n) is 71.2. The third kappa shape index (κ3) is 20.4. The fraction of sp³-hybridized carbons (Fsp3) is 0.744. The molecule has 20 amide bonds. The van der Waals surface area contributed by atoms with E-state index in [2.05, 4.69) is 49.8 Å². The number of aliphatic carboxylic acids is 1. The molecule has 10 N–H and O–H groups in total. The molecule has 43 nitrogen and oxygen atoms in total. The van der Waals surface area contributed by atoms with E-state index in [0.717, 1.165) is 0 Å². The smallest absolute Gasteiger partial charge is 0.322 e. The first-order valence-electron chi connectivity index (χ1n) is 45.0. The number of hydrogen-bond acceptors (Lipinski definition) is 23. The fourth-order valence-electron chi connectivity index (χ4n) is 21.1. The van der Waals surface area contributed by atoms with Gasteiger partial charge in [-0.2, -0.15) is 12.6 Å². The van der Waals surface area contributed by atoms with Crippen molar-refractivity contribution in [3.05, 3.63) is 0 Å². The van der Waals surface area contributed by atoms with Gasteiger partial charge in [0.05, 0.1) is 45.3 Å². The van der Waals surface area contributed by atoms with Crippen LogP contribution in [0.4, 0.5) is 0 Å². The van der Waals surface area contributed by atoms with Gasteiger partial charge in [0, 0.05) is 90.8 Å². The van der Waals surface area contributed by atoms with E-state index >= 15 is 0 Å². The summed E-state index contributed by atoms with van der Waals surface area (Å²) < 4.78 is 0. The van der Waals surface area contributed by atoms with Crippen LogP contribution in [0.2, 0.25) is 0 Å². The molecule has 690 valence electrons. The topological polar surface area (TPSA) is 531 Å². The standard InChI is InChI=1S/C82H119N21O22S/c83-48(47-126)76(119)97-33-1-14-49(97)69(112)84-40-62(104)91-27-8-21-56(91)77(120)98-34-2-15-50(98)70(113)85-41-63(105)92-28-9-22-57(92)78(121)99-35-3-16-51(99)71(114)86-42-64(106)93-29-10-23-58(93)79(122)100-36-4-17-52(100)72(115)87-43-65(107)94-30-11-24-59(94)80(123)101-37-5-18-53(101)73(116)88-44-66(108)95-31-12-25-60(95)81(124)102-38-6-19-54(102)74(117)89-45-67(109)96-32-13-26-61(96)82(125)103-39-7-20-55(103)75(118)90-46-68(110)111/h48-61,126H,1-47,83H2,(H,84,112)(H,85,113)(H,86,114)(H,87,115)(H,88,116)(H,89,117)(H,90,118)(H,110,111)/t48-,49-,50-,51-,52-,53-,54-,55-,56-,57-,58-,59-,60-,61-/m0/s1. The summed E-state index contributed by atoms with van der Waals surface area (Å²) in [6.07, 6.45) is 10.1. The van der Waals surface area contributed by atoms with Gasteiger partial charge in [-0.15, -0.1) is 0 Å². The Bertz CT molecular complexity index is 4190. The molecule has 13 aliphatic heterocycles. The average Bonchev–Trinajstić information content (AvgIpc) is 1.66. The summed E-state index contributed by atoms with van der Waals surface area (Å²) in [7, 11) is 0. The summed E-state index contributed by atoms with van der Waals surface area (Å²) in [5, 5.41) is 27.3. The van der Waals surface area contributed by atoms with Gasteiger partial charge in [-0.25, -0.2) is 0 Å². The minimum absolute atomic E-state index is 0.0994. The molecule has 0 unspecified atom stereocenters. The van der Waals surface area contributed by atoms with Crippen LogP contribution < -0.4 is 43.0 Å². The molecule has 0 bridgehead atoms. The van der Waals surface area contributed by atoms with Gasteiger partial charge in [0.1, 0.15) is 85.1 Å². The van der Waals surface area contributed by atoms with E-state index in [1.54, 1.807) is 0 Å². The highest BCUT2D eigenvalue weighted by Crippen LogP contribution is 2.34. The van der Waals surface area contributed by atoms with Crippen molar-refractivity contribution >= 4 is 137 Å². The van der Waals surface area contributed by atoms with E-state index < -0.39 is 255 Å². The Hall–Kier alpha value is -10.8. The number of carboxylic acid groups (broad SMARTS) is 1. The maximum absolute atomic E-state index is 14.4. The molecule has 13 rings (SSSR count). The lowest BCUT2D eigenvalue weighted by Crippen LogP contribution is -2.57. The SMILES string of the molecule is N[C@@H](CS)C(=O)N1CCC[C@H]1C(=O)NCC(=O)N1CCC[C@H]1C(=O)N1CCC[C@H]1C(=O)NCC(=O)N1CCC[C@H]1C(=O)N1CCC[C@H]1C(=O)NCC(=O)N1CCC[C@H]1C(=O)N1CCC[C@H]1C(=O)NCC(=O)N1CCC[C@H]1C(=O)N1CCC[C@H]1C(=O)NCC(=O)N1CCC[C@H]1C(=O)N1CCC[C@H]1C(=O)NCC(=O)N1CCC[C@H]1C(=O)N1CCC[C@H]1C(=O)NCC(=O)O. The van der Waals surface area contributed by atoms with E-state index in [0.29, 0.717) is 122 Å². The number of hydrogen-bond donors (Lipinski definition) is 10. The molecule has 44 heteroatoms. The van der Waals surface area contributed by atoms with Gasteiger partial charge in [0.2, 0.25) is 118 Å².